The third-order valence-corrected chi connectivity index (χ3v) is 5.85. The summed E-state index contributed by atoms with van der Waals surface area (Å²) in [5, 5.41) is 12.6. The highest BCUT2D eigenvalue weighted by Crippen LogP contribution is 2.48. The summed E-state index contributed by atoms with van der Waals surface area (Å²) in [7, 11) is 0. The third kappa shape index (κ3) is 4.06. The van der Waals surface area contributed by atoms with Gasteiger partial charge < -0.3 is 15.3 Å². The smallest absolute Gasteiger partial charge is 0.317 e. The quantitative estimate of drug-likeness (QED) is 0.773. The number of hydrogen-bond donors (Lipinski definition) is 2. The SMILES string of the molecule is CC(C)(C)c1nccc(CCCNC(=O)N2C[C@@H]3CCC[C@@]3(C(=O)O)C2)n1. The fourth-order valence-electron chi connectivity index (χ4n) is 4.27. The third-order valence-electron chi connectivity index (χ3n) is 5.85. The number of fused-ring (bicyclic) bond motifs is 1. The molecular weight excluding hydrogens is 344 g/mol. The highest BCUT2D eigenvalue weighted by Gasteiger charge is 2.55. The lowest BCUT2D eigenvalue weighted by Crippen LogP contribution is -2.42. The number of hydrogen-bond acceptors (Lipinski definition) is 4. The number of carboxylic acid groups (broad SMARTS) is 1. The number of nitrogens with one attached hydrogen (secondary N) is 1. The van der Waals surface area contributed by atoms with E-state index in [0.717, 1.165) is 37.2 Å². The van der Waals surface area contributed by atoms with E-state index in [1.807, 2.05) is 6.07 Å². The number of aryl methyl sites for hydroxylation is 1. The Morgan fingerprint density at radius 2 is 2.19 bits per heavy atom. The first-order valence-corrected chi connectivity index (χ1v) is 9.81. The molecule has 0 aromatic carbocycles. The molecule has 3 rings (SSSR count). The van der Waals surface area contributed by atoms with Crippen LogP contribution in [0.15, 0.2) is 12.3 Å². The van der Waals surface area contributed by atoms with Crippen molar-refractivity contribution in [2.24, 2.45) is 11.3 Å². The molecule has 1 aromatic rings. The van der Waals surface area contributed by atoms with Gasteiger partial charge in [-0.2, -0.15) is 0 Å². The molecule has 7 heteroatoms. The lowest BCUT2D eigenvalue weighted by molar-refractivity contribution is -0.149. The van der Waals surface area contributed by atoms with E-state index in [1.54, 1.807) is 11.1 Å². The molecule has 2 fully saturated rings. The standard InChI is InChI=1S/C20H30N4O3/c1-19(2,3)16-21-11-8-15(23-16)7-5-10-22-18(27)24-12-14-6-4-9-20(14,13-24)17(25)26/h8,11,14H,4-7,9-10,12-13H2,1-3H3,(H,22,27)(H,25,26)/t14-,20+/m0/s1. The highest BCUT2D eigenvalue weighted by atomic mass is 16.4. The second kappa shape index (κ2) is 7.44. The molecule has 1 saturated carbocycles. The Kier molecular flexibility index (Phi) is 5.40. The van der Waals surface area contributed by atoms with Crippen LogP contribution in [0, 0.1) is 11.3 Å². The van der Waals surface area contributed by atoms with E-state index in [9.17, 15) is 14.7 Å². The number of nitrogens with zero attached hydrogens (tertiary/aromatic N) is 3. The van der Waals surface area contributed by atoms with E-state index in [0.29, 0.717) is 26.1 Å². The average molecular weight is 374 g/mol. The monoisotopic (exact) mass is 374 g/mol. The number of urea groups is 1. The fraction of sp³-hybridized carbons (Fsp3) is 0.700. The summed E-state index contributed by atoms with van der Waals surface area (Å²) in [6.07, 6.45) is 5.87. The van der Waals surface area contributed by atoms with Crippen LogP contribution >= 0.6 is 0 Å². The predicted octanol–water partition coefficient (Wildman–Crippen LogP) is 2.60. The van der Waals surface area contributed by atoms with Crippen LogP contribution in [-0.2, 0) is 16.6 Å². The topological polar surface area (TPSA) is 95.4 Å². The number of aliphatic carboxylic acids is 1. The number of carboxylic acids is 1. The number of carbonyl (C=O) groups is 2. The molecule has 1 aliphatic carbocycles. The van der Waals surface area contributed by atoms with Gasteiger partial charge in [-0.1, -0.05) is 27.2 Å². The van der Waals surface area contributed by atoms with E-state index in [1.165, 1.54) is 0 Å². The summed E-state index contributed by atoms with van der Waals surface area (Å²) >= 11 is 0. The van der Waals surface area contributed by atoms with Gasteiger partial charge in [0.2, 0.25) is 0 Å². The second-order valence-corrected chi connectivity index (χ2v) is 8.89. The van der Waals surface area contributed by atoms with Crippen LogP contribution in [-0.4, -0.2) is 51.6 Å². The summed E-state index contributed by atoms with van der Waals surface area (Å²) < 4.78 is 0. The minimum atomic E-state index is -0.751. The Morgan fingerprint density at radius 1 is 1.41 bits per heavy atom. The molecule has 2 heterocycles. The maximum absolute atomic E-state index is 12.4. The van der Waals surface area contributed by atoms with Crippen LogP contribution in [0.25, 0.3) is 0 Å². The summed E-state index contributed by atoms with van der Waals surface area (Å²) in [6, 6.07) is 1.76. The van der Waals surface area contributed by atoms with Crippen LogP contribution in [0.4, 0.5) is 4.79 Å². The Hall–Kier alpha value is -2.18. The zero-order chi connectivity index (χ0) is 19.7. The molecule has 0 radical (unpaired) electrons. The van der Waals surface area contributed by atoms with Gasteiger partial charge in [0.25, 0.3) is 0 Å². The minimum Gasteiger partial charge on any atom is -0.481 e. The van der Waals surface area contributed by atoms with Crippen molar-refractivity contribution in [3.8, 4) is 0 Å². The van der Waals surface area contributed by atoms with Gasteiger partial charge in [-0.05, 0) is 37.7 Å². The maximum atomic E-state index is 12.4. The number of rotatable bonds is 5. The Labute approximate surface area is 160 Å². The lowest BCUT2D eigenvalue weighted by Gasteiger charge is -2.23. The van der Waals surface area contributed by atoms with Crippen LogP contribution < -0.4 is 5.32 Å². The van der Waals surface area contributed by atoms with Crippen LogP contribution in [0.5, 0.6) is 0 Å². The Bertz CT molecular complexity index is 715. The van der Waals surface area contributed by atoms with Crippen molar-refractivity contribution in [3.05, 3.63) is 23.8 Å². The summed E-state index contributed by atoms with van der Waals surface area (Å²) in [6.45, 7) is 7.69. The van der Waals surface area contributed by atoms with Crippen molar-refractivity contribution in [1.29, 1.82) is 0 Å². The molecule has 0 unspecified atom stereocenters. The van der Waals surface area contributed by atoms with Gasteiger partial charge in [-0.15, -0.1) is 0 Å². The minimum absolute atomic E-state index is 0.0852. The number of likely N-dealkylation sites (tertiary alicyclic amines) is 1. The average Bonchev–Trinajstić information content (AvgIpc) is 3.16. The molecule has 1 aromatic heterocycles. The molecule has 0 bridgehead atoms. The zero-order valence-corrected chi connectivity index (χ0v) is 16.5. The molecule has 27 heavy (non-hydrogen) atoms. The molecule has 7 nitrogen and oxygen atoms in total. The largest absolute Gasteiger partial charge is 0.481 e. The van der Waals surface area contributed by atoms with Crippen molar-refractivity contribution in [2.75, 3.05) is 19.6 Å². The van der Waals surface area contributed by atoms with Gasteiger partial charge in [0, 0.05) is 36.9 Å². The first-order valence-electron chi connectivity index (χ1n) is 9.81. The Morgan fingerprint density at radius 3 is 2.85 bits per heavy atom. The summed E-state index contributed by atoms with van der Waals surface area (Å²) in [4.78, 5) is 34.8. The summed E-state index contributed by atoms with van der Waals surface area (Å²) in [5.41, 5.74) is 0.171. The van der Waals surface area contributed by atoms with E-state index >= 15 is 0 Å². The van der Waals surface area contributed by atoms with E-state index in [4.69, 9.17) is 0 Å². The van der Waals surface area contributed by atoms with Gasteiger partial charge in [0.1, 0.15) is 5.82 Å². The van der Waals surface area contributed by atoms with E-state index in [-0.39, 0.29) is 17.4 Å². The number of amides is 2. The van der Waals surface area contributed by atoms with Crippen molar-refractivity contribution < 1.29 is 14.7 Å². The van der Waals surface area contributed by atoms with Gasteiger partial charge in [0.05, 0.1) is 5.41 Å². The molecule has 2 aliphatic rings. The van der Waals surface area contributed by atoms with Gasteiger partial charge >= 0.3 is 12.0 Å². The molecule has 1 saturated heterocycles. The van der Waals surface area contributed by atoms with Crippen LogP contribution in [0.2, 0.25) is 0 Å². The fourth-order valence-corrected chi connectivity index (χ4v) is 4.27. The van der Waals surface area contributed by atoms with Gasteiger partial charge in [-0.25, -0.2) is 14.8 Å². The van der Waals surface area contributed by atoms with E-state index in [2.05, 4.69) is 36.1 Å². The van der Waals surface area contributed by atoms with Crippen molar-refractivity contribution in [2.45, 2.75) is 58.3 Å². The van der Waals surface area contributed by atoms with Crippen LogP contribution in [0.3, 0.4) is 0 Å². The second-order valence-electron chi connectivity index (χ2n) is 8.89. The van der Waals surface area contributed by atoms with E-state index < -0.39 is 11.4 Å². The first kappa shape index (κ1) is 19.6. The van der Waals surface area contributed by atoms with Crippen molar-refractivity contribution in [3.63, 3.8) is 0 Å². The van der Waals surface area contributed by atoms with Gasteiger partial charge in [0.15, 0.2) is 0 Å². The highest BCUT2D eigenvalue weighted by molar-refractivity contribution is 5.80. The molecule has 2 N–H and O–H groups in total. The van der Waals surface area contributed by atoms with Gasteiger partial charge in [-0.3, -0.25) is 4.79 Å². The number of carbonyl (C=O) groups excluding carboxylic acids is 1. The molecule has 2 atom stereocenters. The molecule has 148 valence electrons. The molecule has 2 amide bonds. The van der Waals surface area contributed by atoms with Crippen molar-refractivity contribution in [1.82, 2.24) is 20.2 Å². The summed E-state index contributed by atoms with van der Waals surface area (Å²) in [5.74, 6) is 0.169. The van der Waals surface area contributed by atoms with Crippen LogP contribution in [0.1, 0.15) is 58.0 Å². The maximum Gasteiger partial charge on any atom is 0.317 e. The normalized spacial score (nSPS) is 24.7. The number of aromatic nitrogens is 2. The molecule has 1 aliphatic heterocycles. The predicted molar refractivity (Wildman–Crippen MR) is 101 cm³/mol. The lowest BCUT2D eigenvalue weighted by atomic mass is 9.81. The molecule has 0 spiro atoms. The molecular formula is C20H30N4O3. The Balaban J connectivity index is 1.46. The van der Waals surface area contributed by atoms with Crippen molar-refractivity contribution >= 4 is 12.0 Å². The zero-order valence-electron chi connectivity index (χ0n) is 16.5. The first-order chi connectivity index (χ1) is 12.7.